The average molecular weight is 292 g/mol. The van der Waals surface area contributed by atoms with Gasteiger partial charge in [0.05, 0.1) is 6.04 Å². The smallest absolute Gasteiger partial charge is 0.158 e. The van der Waals surface area contributed by atoms with E-state index in [2.05, 4.69) is 44.4 Å². The second-order valence-electron chi connectivity index (χ2n) is 4.44. The molecule has 0 aliphatic rings. The number of ether oxygens (including phenoxy) is 1. The molecule has 2 N–H and O–H groups in total. The summed E-state index contributed by atoms with van der Waals surface area (Å²) in [5, 5.41) is 10.8. The zero-order valence-corrected chi connectivity index (χ0v) is 12.8. The summed E-state index contributed by atoms with van der Waals surface area (Å²) < 4.78 is 5.11. The van der Waals surface area contributed by atoms with Gasteiger partial charge in [0.1, 0.15) is 18.2 Å². The normalized spacial score (nSPS) is 12.2. The topological polar surface area (TPSA) is 59.1 Å². The number of methoxy groups -OCH3 is 1. The highest BCUT2D eigenvalue weighted by atomic mass is 32.1. The lowest BCUT2D eigenvalue weighted by atomic mass is 10.2. The van der Waals surface area contributed by atoms with Crippen molar-refractivity contribution in [2.24, 2.45) is 0 Å². The molecule has 0 aromatic carbocycles. The third-order valence-electron chi connectivity index (χ3n) is 2.81. The largest absolute Gasteiger partial charge is 0.377 e. The van der Waals surface area contributed by atoms with Crippen LogP contribution in [-0.2, 0) is 11.3 Å². The molecule has 0 saturated carbocycles. The van der Waals surface area contributed by atoms with Gasteiger partial charge in [-0.15, -0.1) is 0 Å². The summed E-state index contributed by atoms with van der Waals surface area (Å²) >= 11 is 1.70. The standard InChI is InChI=1S/C14H20N4OS/c1-4-15-12-7-13(18-14(17-12)8-19-3)16-10(2)11-5-6-20-9-11/h5-7,9-10H,4,8H2,1-3H3,(H2,15,16,17,18). The van der Waals surface area contributed by atoms with Crippen molar-refractivity contribution in [3.05, 3.63) is 34.3 Å². The molecule has 0 aliphatic heterocycles. The van der Waals surface area contributed by atoms with Crippen molar-refractivity contribution in [3.8, 4) is 0 Å². The highest BCUT2D eigenvalue weighted by Gasteiger charge is 2.09. The van der Waals surface area contributed by atoms with Crippen LogP contribution in [0.1, 0.15) is 31.3 Å². The molecule has 1 unspecified atom stereocenters. The van der Waals surface area contributed by atoms with Crippen LogP contribution in [-0.4, -0.2) is 23.6 Å². The SMILES string of the molecule is CCNc1cc(NC(C)c2ccsc2)nc(COC)n1. The molecule has 0 spiro atoms. The van der Waals surface area contributed by atoms with E-state index in [1.807, 2.05) is 13.0 Å². The molecule has 1 atom stereocenters. The lowest BCUT2D eigenvalue weighted by molar-refractivity contribution is 0.178. The molecular formula is C14H20N4OS. The zero-order chi connectivity index (χ0) is 14.4. The second-order valence-corrected chi connectivity index (χ2v) is 5.22. The fourth-order valence-corrected chi connectivity index (χ4v) is 2.62. The Hall–Kier alpha value is -1.66. The summed E-state index contributed by atoms with van der Waals surface area (Å²) in [5.41, 5.74) is 1.26. The van der Waals surface area contributed by atoms with Gasteiger partial charge in [-0.1, -0.05) is 0 Å². The van der Waals surface area contributed by atoms with Gasteiger partial charge in [0, 0.05) is 19.7 Å². The summed E-state index contributed by atoms with van der Waals surface area (Å²) in [6.07, 6.45) is 0. The number of hydrogen-bond donors (Lipinski definition) is 2. The first kappa shape index (κ1) is 14.7. The third-order valence-corrected chi connectivity index (χ3v) is 3.51. The molecule has 0 amide bonds. The van der Waals surface area contributed by atoms with E-state index in [-0.39, 0.29) is 6.04 Å². The molecule has 0 saturated heterocycles. The maximum Gasteiger partial charge on any atom is 0.158 e. The van der Waals surface area contributed by atoms with E-state index < -0.39 is 0 Å². The Bertz CT molecular complexity index is 506. The minimum atomic E-state index is 0.209. The van der Waals surface area contributed by atoms with E-state index >= 15 is 0 Å². The maximum atomic E-state index is 5.11. The Balaban J connectivity index is 2.16. The molecule has 2 rings (SSSR count). The first-order valence-corrected chi connectivity index (χ1v) is 7.56. The molecule has 2 heterocycles. The Labute approximate surface area is 123 Å². The number of rotatable bonds is 7. The monoisotopic (exact) mass is 292 g/mol. The van der Waals surface area contributed by atoms with Gasteiger partial charge in [0.25, 0.3) is 0 Å². The Kier molecular flexibility index (Phi) is 5.31. The Morgan fingerprint density at radius 2 is 2.15 bits per heavy atom. The molecule has 5 nitrogen and oxygen atoms in total. The van der Waals surface area contributed by atoms with E-state index in [9.17, 15) is 0 Å². The summed E-state index contributed by atoms with van der Waals surface area (Å²) in [4.78, 5) is 8.87. The maximum absolute atomic E-state index is 5.11. The minimum Gasteiger partial charge on any atom is -0.377 e. The van der Waals surface area contributed by atoms with Gasteiger partial charge in [-0.05, 0) is 36.2 Å². The molecule has 0 fully saturated rings. The van der Waals surface area contributed by atoms with Crippen LogP contribution < -0.4 is 10.6 Å². The van der Waals surface area contributed by atoms with E-state index in [4.69, 9.17) is 4.74 Å². The van der Waals surface area contributed by atoms with Crippen molar-refractivity contribution < 1.29 is 4.74 Å². The Morgan fingerprint density at radius 3 is 2.80 bits per heavy atom. The molecule has 2 aromatic heterocycles. The van der Waals surface area contributed by atoms with Crippen LogP contribution in [0.15, 0.2) is 22.9 Å². The van der Waals surface area contributed by atoms with Gasteiger partial charge in [-0.3, -0.25) is 0 Å². The van der Waals surface area contributed by atoms with E-state index in [0.717, 1.165) is 18.2 Å². The zero-order valence-electron chi connectivity index (χ0n) is 12.0. The molecule has 0 aliphatic carbocycles. The highest BCUT2D eigenvalue weighted by molar-refractivity contribution is 7.07. The van der Waals surface area contributed by atoms with Crippen molar-refractivity contribution in [1.82, 2.24) is 9.97 Å². The Morgan fingerprint density at radius 1 is 1.35 bits per heavy atom. The third kappa shape index (κ3) is 3.91. The van der Waals surface area contributed by atoms with Crippen molar-refractivity contribution in [2.45, 2.75) is 26.5 Å². The number of anilines is 2. The van der Waals surface area contributed by atoms with Crippen LogP contribution in [0.5, 0.6) is 0 Å². The number of aromatic nitrogens is 2. The number of thiophene rings is 1. The number of nitrogens with zero attached hydrogens (tertiary/aromatic N) is 2. The average Bonchev–Trinajstić information content (AvgIpc) is 2.93. The van der Waals surface area contributed by atoms with Gasteiger partial charge < -0.3 is 15.4 Å². The van der Waals surface area contributed by atoms with Crippen LogP contribution in [0.3, 0.4) is 0 Å². The van der Waals surface area contributed by atoms with Gasteiger partial charge in [0.2, 0.25) is 0 Å². The fourth-order valence-electron chi connectivity index (χ4n) is 1.86. The summed E-state index contributed by atoms with van der Waals surface area (Å²) in [7, 11) is 1.64. The van der Waals surface area contributed by atoms with Gasteiger partial charge in [-0.2, -0.15) is 11.3 Å². The van der Waals surface area contributed by atoms with E-state index in [1.54, 1.807) is 18.4 Å². The summed E-state index contributed by atoms with van der Waals surface area (Å²) in [6, 6.07) is 4.25. The van der Waals surface area contributed by atoms with E-state index in [1.165, 1.54) is 5.56 Å². The van der Waals surface area contributed by atoms with Crippen LogP contribution in [0.2, 0.25) is 0 Å². The van der Waals surface area contributed by atoms with Crippen LogP contribution in [0.4, 0.5) is 11.6 Å². The predicted octanol–water partition coefficient (Wildman–Crippen LogP) is 3.29. The molecule has 0 radical (unpaired) electrons. The molecule has 0 bridgehead atoms. The van der Waals surface area contributed by atoms with Crippen molar-refractivity contribution in [2.75, 3.05) is 24.3 Å². The lowest BCUT2D eigenvalue weighted by Crippen LogP contribution is -2.11. The van der Waals surface area contributed by atoms with Crippen molar-refractivity contribution in [3.63, 3.8) is 0 Å². The van der Waals surface area contributed by atoms with Gasteiger partial charge in [0.15, 0.2) is 5.82 Å². The first-order chi connectivity index (χ1) is 9.72. The summed E-state index contributed by atoms with van der Waals surface area (Å²) in [6.45, 7) is 5.38. The van der Waals surface area contributed by atoms with Crippen LogP contribution >= 0.6 is 11.3 Å². The highest BCUT2D eigenvalue weighted by Crippen LogP contribution is 2.21. The molecule has 108 valence electrons. The molecular weight excluding hydrogens is 272 g/mol. The molecule has 6 heteroatoms. The lowest BCUT2D eigenvalue weighted by Gasteiger charge is -2.15. The number of hydrogen-bond acceptors (Lipinski definition) is 6. The molecule has 2 aromatic rings. The minimum absolute atomic E-state index is 0.209. The van der Waals surface area contributed by atoms with Crippen LogP contribution in [0.25, 0.3) is 0 Å². The predicted molar refractivity (Wildman–Crippen MR) is 83.3 cm³/mol. The molecule has 20 heavy (non-hydrogen) atoms. The second kappa shape index (κ2) is 7.21. The van der Waals surface area contributed by atoms with E-state index in [0.29, 0.717) is 12.4 Å². The first-order valence-electron chi connectivity index (χ1n) is 6.62. The van der Waals surface area contributed by atoms with Crippen molar-refractivity contribution >= 4 is 23.0 Å². The van der Waals surface area contributed by atoms with Gasteiger partial charge >= 0.3 is 0 Å². The number of nitrogens with one attached hydrogen (secondary N) is 2. The quantitative estimate of drug-likeness (QED) is 0.820. The van der Waals surface area contributed by atoms with Crippen LogP contribution in [0, 0.1) is 0 Å². The van der Waals surface area contributed by atoms with Gasteiger partial charge in [-0.25, -0.2) is 9.97 Å². The summed E-state index contributed by atoms with van der Waals surface area (Å²) in [5.74, 6) is 2.29. The fraction of sp³-hybridized carbons (Fsp3) is 0.429. The van der Waals surface area contributed by atoms with Crippen molar-refractivity contribution in [1.29, 1.82) is 0 Å².